The average Bonchev–Trinajstić information content (AvgIpc) is 3.28. The average molecular weight is 416 g/mol. The number of hydrogen-bond acceptors (Lipinski definition) is 5. The van der Waals surface area contributed by atoms with Gasteiger partial charge in [0.25, 0.3) is 5.91 Å². The van der Waals surface area contributed by atoms with Gasteiger partial charge in [-0.05, 0) is 48.0 Å². The van der Waals surface area contributed by atoms with Gasteiger partial charge in [-0.25, -0.2) is 13.4 Å². The van der Waals surface area contributed by atoms with Crippen LogP contribution in [0.1, 0.15) is 11.1 Å². The molecule has 5 rings (SSSR count). The zero-order chi connectivity index (χ0) is 20.9. The molecule has 4 aromatic rings. The second-order valence-electron chi connectivity index (χ2n) is 7.10. The van der Waals surface area contributed by atoms with Crippen molar-refractivity contribution in [1.82, 2.24) is 4.98 Å². The minimum absolute atomic E-state index is 0.124. The Morgan fingerprint density at radius 3 is 2.53 bits per heavy atom. The molecule has 30 heavy (non-hydrogen) atoms. The summed E-state index contributed by atoms with van der Waals surface area (Å²) in [7, 11) is -3.31. The first-order chi connectivity index (χ1) is 14.4. The molecule has 0 fully saturated rings. The number of amides is 1. The number of oxazole rings is 1. The molecule has 0 saturated heterocycles. The SMILES string of the molecule is CS(=O)(=O)c1ccc2oc(-c3ccc(/C=C4\C(=O)Nc5ccccc54)cc3)nc2c1. The number of carbonyl (C=O) groups excluding carboxylic acids is 1. The molecule has 0 radical (unpaired) electrons. The smallest absolute Gasteiger partial charge is 0.256 e. The molecule has 7 heteroatoms. The van der Waals surface area contributed by atoms with E-state index in [0.29, 0.717) is 22.6 Å². The van der Waals surface area contributed by atoms with Gasteiger partial charge < -0.3 is 9.73 Å². The summed E-state index contributed by atoms with van der Waals surface area (Å²) in [5, 5.41) is 2.86. The standard InChI is InChI=1S/C23H16N2O4S/c1-30(27,28)16-10-11-21-20(13-16)25-23(29-21)15-8-6-14(7-9-15)12-18-17-4-2-3-5-19(17)24-22(18)26/h2-13H,1H3,(H,24,26)/b18-12-. The second kappa shape index (κ2) is 6.67. The number of anilines is 1. The quantitative estimate of drug-likeness (QED) is 0.500. The van der Waals surface area contributed by atoms with Gasteiger partial charge in [-0.2, -0.15) is 0 Å². The van der Waals surface area contributed by atoms with Crippen molar-refractivity contribution in [3.05, 3.63) is 77.9 Å². The van der Waals surface area contributed by atoms with E-state index in [1.165, 1.54) is 12.1 Å². The molecule has 0 unspecified atom stereocenters. The van der Waals surface area contributed by atoms with Crippen molar-refractivity contribution in [1.29, 1.82) is 0 Å². The Labute approximate surface area is 172 Å². The largest absolute Gasteiger partial charge is 0.436 e. The Kier molecular flexibility index (Phi) is 4.08. The molecule has 1 aliphatic rings. The van der Waals surface area contributed by atoms with Gasteiger partial charge in [0.1, 0.15) is 5.52 Å². The lowest BCUT2D eigenvalue weighted by Crippen LogP contribution is -2.03. The van der Waals surface area contributed by atoms with Crippen LogP contribution in [0.5, 0.6) is 0 Å². The molecule has 2 heterocycles. The van der Waals surface area contributed by atoms with Crippen LogP contribution in [-0.4, -0.2) is 25.6 Å². The predicted molar refractivity (Wildman–Crippen MR) is 115 cm³/mol. The molecule has 0 aliphatic carbocycles. The molecule has 0 spiro atoms. The van der Waals surface area contributed by atoms with Crippen molar-refractivity contribution in [2.45, 2.75) is 4.90 Å². The Morgan fingerprint density at radius 1 is 1.00 bits per heavy atom. The zero-order valence-electron chi connectivity index (χ0n) is 15.9. The third-order valence-corrected chi connectivity index (χ3v) is 6.08. The molecule has 148 valence electrons. The molecule has 6 nitrogen and oxygen atoms in total. The number of nitrogens with zero attached hydrogens (tertiary/aromatic N) is 1. The lowest BCUT2D eigenvalue weighted by atomic mass is 10.0. The maximum atomic E-state index is 12.3. The Balaban J connectivity index is 1.48. The number of sulfone groups is 1. The number of nitrogens with one attached hydrogen (secondary N) is 1. The third-order valence-electron chi connectivity index (χ3n) is 4.97. The number of fused-ring (bicyclic) bond motifs is 2. The van der Waals surface area contributed by atoms with E-state index in [9.17, 15) is 13.2 Å². The molecule has 1 aliphatic heterocycles. The van der Waals surface area contributed by atoms with Gasteiger partial charge in [0.2, 0.25) is 5.89 Å². The van der Waals surface area contributed by atoms with E-state index in [2.05, 4.69) is 10.3 Å². The predicted octanol–water partition coefficient (Wildman–Crippen LogP) is 4.39. The summed E-state index contributed by atoms with van der Waals surface area (Å²) in [6.45, 7) is 0. The van der Waals surface area contributed by atoms with Gasteiger partial charge in [-0.1, -0.05) is 30.3 Å². The topological polar surface area (TPSA) is 89.3 Å². The first-order valence-electron chi connectivity index (χ1n) is 9.22. The Morgan fingerprint density at radius 2 is 1.77 bits per heavy atom. The minimum Gasteiger partial charge on any atom is -0.436 e. The van der Waals surface area contributed by atoms with Crippen molar-refractivity contribution in [2.24, 2.45) is 0 Å². The van der Waals surface area contributed by atoms with Crippen LogP contribution in [0.25, 0.3) is 34.2 Å². The van der Waals surface area contributed by atoms with E-state index in [1.54, 1.807) is 6.07 Å². The monoisotopic (exact) mass is 416 g/mol. The van der Waals surface area contributed by atoms with Crippen LogP contribution >= 0.6 is 0 Å². The van der Waals surface area contributed by atoms with Gasteiger partial charge in [-0.3, -0.25) is 4.79 Å². The number of hydrogen-bond donors (Lipinski definition) is 1. The molecule has 1 aromatic heterocycles. The zero-order valence-corrected chi connectivity index (χ0v) is 16.7. The summed E-state index contributed by atoms with van der Waals surface area (Å²) in [4.78, 5) is 16.9. The molecule has 3 aromatic carbocycles. The highest BCUT2D eigenvalue weighted by molar-refractivity contribution is 7.90. The highest BCUT2D eigenvalue weighted by atomic mass is 32.2. The van der Waals surface area contributed by atoms with Crippen LogP contribution in [-0.2, 0) is 14.6 Å². The fourth-order valence-electron chi connectivity index (χ4n) is 3.43. The Hall–Kier alpha value is -3.71. The van der Waals surface area contributed by atoms with Crippen LogP contribution < -0.4 is 5.32 Å². The minimum atomic E-state index is -3.31. The molecule has 0 bridgehead atoms. The van der Waals surface area contributed by atoms with E-state index in [4.69, 9.17) is 4.42 Å². The Bertz CT molecular complexity index is 1450. The van der Waals surface area contributed by atoms with Crippen molar-refractivity contribution in [3.8, 4) is 11.5 Å². The fourth-order valence-corrected chi connectivity index (χ4v) is 4.07. The van der Waals surface area contributed by atoms with Crippen LogP contribution in [0.2, 0.25) is 0 Å². The van der Waals surface area contributed by atoms with Gasteiger partial charge in [0.15, 0.2) is 15.4 Å². The third kappa shape index (κ3) is 3.19. The van der Waals surface area contributed by atoms with E-state index in [0.717, 1.165) is 28.6 Å². The highest BCUT2D eigenvalue weighted by Gasteiger charge is 2.23. The lowest BCUT2D eigenvalue weighted by molar-refractivity contribution is -0.110. The first kappa shape index (κ1) is 18.3. The molecule has 1 N–H and O–H groups in total. The van der Waals surface area contributed by atoms with Gasteiger partial charge >= 0.3 is 0 Å². The summed E-state index contributed by atoms with van der Waals surface area (Å²) in [5.41, 5.74) is 4.94. The van der Waals surface area contributed by atoms with E-state index >= 15 is 0 Å². The van der Waals surface area contributed by atoms with Gasteiger partial charge in [0.05, 0.1) is 4.90 Å². The normalized spacial score (nSPS) is 14.8. The maximum absolute atomic E-state index is 12.3. The van der Waals surface area contributed by atoms with Crippen molar-refractivity contribution < 1.29 is 17.6 Å². The highest BCUT2D eigenvalue weighted by Crippen LogP contribution is 2.33. The molecular formula is C23H16N2O4S. The van der Waals surface area contributed by atoms with Crippen molar-refractivity contribution in [3.63, 3.8) is 0 Å². The lowest BCUT2D eigenvalue weighted by Gasteiger charge is -2.00. The van der Waals surface area contributed by atoms with Crippen LogP contribution in [0.4, 0.5) is 5.69 Å². The summed E-state index contributed by atoms with van der Waals surface area (Å²) in [6.07, 6.45) is 3.00. The number of aromatic nitrogens is 1. The summed E-state index contributed by atoms with van der Waals surface area (Å²) < 4.78 is 29.3. The molecule has 1 amide bonds. The fraction of sp³-hybridized carbons (Fsp3) is 0.0435. The molecule has 0 atom stereocenters. The van der Waals surface area contributed by atoms with Gasteiger partial charge in [0, 0.05) is 28.6 Å². The number of rotatable bonds is 3. The van der Waals surface area contributed by atoms with Crippen molar-refractivity contribution >= 4 is 44.2 Å². The van der Waals surface area contributed by atoms with E-state index in [1.807, 2.05) is 54.6 Å². The summed E-state index contributed by atoms with van der Waals surface area (Å²) in [6, 6.07) is 19.7. The number of para-hydroxylation sites is 1. The number of benzene rings is 3. The van der Waals surface area contributed by atoms with Crippen LogP contribution in [0, 0.1) is 0 Å². The summed E-state index contributed by atoms with van der Waals surface area (Å²) in [5.74, 6) is 0.278. The van der Waals surface area contributed by atoms with E-state index < -0.39 is 9.84 Å². The van der Waals surface area contributed by atoms with E-state index in [-0.39, 0.29) is 10.8 Å². The summed E-state index contributed by atoms with van der Waals surface area (Å²) >= 11 is 0. The van der Waals surface area contributed by atoms with Crippen molar-refractivity contribution in [2.75, 3.05) is 11.6 Å². The van der Waals surface area contributed by atoms with Crippen LogP contribution in [0.3, 0.4) is 0 Å². The van der Waals surface area contributed by atoms with Gasteiger partial charge in [-0.15, -0.1) is 0 Å². The van der Waals surface area contributed by atoms with Crippen LogP contribution in [0.15, 0.2) is 76.0 Å². The molecular weight excluding hydrogens is 400 g/mol. The number of carbonyl (C=O) groups is 1. The first-order valence-corrected chi connectivity index (χ1v) is 11.1. The second-order valence-corrected chi connectivity index (χ2v) is 9.12. The molecule has 0 saturated carbocycles. The maximum Gasteiger partial charge on any atom is 0.256 e.